The molecule has 0 unspecified atom stereocenters. The molecule has 0 spiro atoms. The number of alkyl halides is 3. The summed E-state index contributed by atoms with van der Waals surface area (Å²) in [4.78, 5) is 0. The molecular weight excluding hydrogens is 147 g/mol. The van der Waals surface area contributed by atoms with Gasteiger partial charge in [-0.3, -0.25) is 0 Å². The lowest BCUT2D eigenvalue weighted by atomic mass is 10.2. The maximum absolute atomic E-state index is 11.7. The first-order valence-electron chi connectivity index (χ1n) is 2.74. The third-order valence-corrected chi connectivity index (χ3v) is 1.26. The van der Waals surface area contributed by atoms with Crippen LogP contribution in [-0.4, -0.2) is 25.4 Å². The van der Waals surface area contributed by atoms with Gasteiger partial charge in [-0.25, -0.2) is 0 Å². The molecule has 0 heterocycles. The Hall–Kier alpha value is -0.290. The molecule has 0 bridgehead atoms. The van der Waals surface area contributed by atoms with E-state index < -0.39 is 18.3 Å². The van der Waals surface area contributed by atoms with E-state index in [4.69, 9.17) is 5.73 Å². The van der Waals surface area contributed by atoms with Gasteiger partial charge >= 0.3 is 6.18 Å². The predicted molar refractivity (Wildman–Crippen MR) is 30.5 cm³/mol. The molecule has 2 atom stereocenters. The summed E-state index contributed by atoms with van der Waals surface area (Å²) in [6.45, 7) is 1.28. The van der Waals surface area contributed by atoms with E-state index in [1.165, 1.54) is 14.0 Å². The fraction of sp³-hybridized carbons (Fsp3) is 1.00. The van der Waals surface area contributed by atoms with E-state index in [1.807, 2.05) is 0 Å². The second-order valence-electron chi connectivity index (χ2n) is 2.01. The third-order valence-electron chi connectivity index (χ3n) is 1.26. The van der Waals surface area contributed by atoms with Crippen LogP contribution in [0.15, 0.2) is 0 Å². The molecule has 0 rings (SSSR count). The maximum Gasteiger partial charge on any atom is 0.406 e. The van der Waals surface area contributed by atoms with E-state index in [2.05, 4.69) is 4.74 Å². The number of ether oxygens (including phenoxy) is 1. The molecule has 0 aliphatic rings. The van der Waals surface area contributed by atoms with E-state index in [0.717, 1.165) is 0 Å². The summed E-state index contributed by atoms with van der Waals surface area (Å²) in [7, 11) is 1.19. The molecule has 5 heteroatoms. The normalized spacial score (nSPS) is 18.6. The lowest BCUT2D eigenvalue weighted by Crippen LogP contribution is -2.46. The molecule has 0 radical (unpaired) electrons. The number of rotatable bonds is 2. The molecule has 0 aromatic carbocycles. The van der Waals surface area contributed by atoms with Crippen LogP contribution in [0.25, 0.3) is 0 Å². The van der Waals surface area contributed by atoms with Gasteiger partial charge in [0.1, 0.15) is 6.04 Å². The summed E-state index contributed by atoms with van der Waals surface area (Å²) in [6, 6.07) is -1.89. The Kier molecular flexibility index (Phi) is 3.11. The smallest absolute Gasteiger partial charge is 0.380 e. The fourth-order valence-corrected chi connectivity index (χ4v) is 0.413. The minimum absolute atomic E-state index is 0.986. The maximum atomic E-state index is 11.7. The van der Waals surface area contributed by atoms with E-state index >= 15 is 0 Å². The summed E-state index contributed by atoms with van der Waals surface area (Å²) in [5.41, 5.74) is 4.75. The summed E-state index contributed by atoms with van der Waals surface area (Å²) in [5, 5.41) is 0. The average Bonchev–Trinajstić information content (AvgIpc) is 1.83. The Bertz CT molecular complexity index is 104. The van der Waals surface area contributed by atoms with Gasteiger partial charge in [-0.1, -0.05) is 0 Å². The second-order valence-corrected chi connectivity index (χ2v) is 2.01. The van der Waals surface area contributed by atoms with Crippen LogP contribution in [-0.2, 0) is 4.74 Å². The molecule has 2 N–H and O–H groups in total. The highest BCUT2D eigenvalue weighted by molar-refractivity contribution is 4.76. The van der Waals surface area contributed by atoms with Crippen LogP contribution in [0.1, 0.15) is 6.92 Å². The minimum Gasteiger partial charge on any atom is -0.380 e. The van der Waals surface area contributed by atoms with Crippen LogP contribution in [0.5, 0.6) is 0 Å². The van der Waals surface area contributed by atoms with Gasteiger partial charge in [0.15, 0.2) is 0 Å². The van der Waals surface area contributed by atoms with Crippen molar-refractivity contribution < 1.29 is 17.9 Å². The monoisotopic (exact) mass is 157 g/mol. The van der Waals surface area contributed by atoms with E-state index in [-0.39, 0.29) is 0 Å². The van der Waals surface area contributed by atoms with Crippen molar-refractivity contribution in [2.75, 3.05) is 7.11 Å². The quantitative estimate of drug-likeness (QED) is 0.646. The number of hydrogen-bond donors (Lipinski definition) is 1. The lowest BCUT2D eigenvalue weighted by molar-refractivity contribution is -0.170. The Morgan fingerprint density at radius 3 is 1.90 bits per heavy atom. The second kappa shape index (κ2) is 3.21. The first-order valence-corrected chi connectivity index (χ1v) is 2.74. The highest BCUT2D eigenvalue weighted by Crippen LogP contribution is 2.21. The zero-order valence-electron chi connectivity index (χ0n) is 5.77. The largest absolute Gasteiger partial charge is 0.406 e. The molecule has 2 nitrogen and oxygen atoms in total. The molecule has 0 aromatic rings. The van der Waals surface area contributed by atoms with E-state index in [9.17, 15) is 13.2 Å². The molecule has 0 aromatic heterocycles. The van der Waals surface area contributed by atoms with Crippen LogP contribution >= 0.6 is 0 Å². The molecule has 0 saturated heterocycles. The lowest BCUT2D eigenvalue weighted by Gasteiger charge is -2.20. The molecule has 0 amide bonds. The molecular formula is C5H10F3NO. The van der Waals surface area contributed by atoms with Crippen molar-refractivity contribution in [1.82, 2.24) is 0 Å². The zero-order chi connectivity index (χ0) is 8.36. The molecule has 62 valence electrons. The zero-order valence-corrected chi connectivity index (χ0v) is 5.77. The Morgan fingerprint density at radius 2 is 1.80 bits per heavy atom. The van der Waals surface area contributed by atoms with Crippen LogP contribution in [0.2, 0.25) is 0 Å². The Balaban J connectivity index is 3.94. The summed E-state index contributed by atoms with van der Waals surface area (Å²) in [5.74, 6) is 0. The van der Waals surface area contributed by atoms with Gasteiger partial charge in [0.25, 0.3) is 0 Å². The van der Waals surface area contributed by atoms with Crippen molar-refractivity contribution in [3.05, 3.63) is 0 Å². The summed E-state index contributed by atoms with van der Waals surface area (Å²) in [6.07, 6.45) is -5.35. The van der Waals surface area contributed by atoms with Crippen molar-refractivity contribution in [2.45, 2.75) is 25.2 Å². The number of halogens is 3. The van der Waals surface area contributed by atoms with Gasteiger partial charge in [-0.05, 0) is 6.92 Å². The van der Waals surface area contributed by atoms with Gasteiger partial charge in [0, 0.05) is 7.11 Å². The number of hydrogen-bond acceptors (Lipinski definition) is 2. The Morgan fingerprint density at radius 1 is 1.40 bits per heavy atom. The molecule has 0 saturated carbocycles. The highest BCUT2D eigenvalue weighted by Gasteiger charge is 2.40. The van der Waals surface area contributed by atoms with Crippen molar-refractivity contribution in [1.29, 1.82) is 0 Å². The highest BCUT2D eigenvalue weighted by atomic mass is 19.4. The van der Waals surface area contributed by atoms with Gasteiger partial charge < -0.3 is 10.5 Å². The predicted octanol–water partition coefficient (Wildman–Crippen LogP) is 0.911. The minimum atomic E-state index is -4.37. The van der Waals surface area contributed by atoms with Crippen molar-refractivity contribution in [2.24, 2.45) is 5.73 Å². The standard InChI is InChI=1S/C5H10F3NO/c1-3(10-2)4(9)5(6,7)8/h3-4H,9H2,1-2H3/t3-,4+/m1/s1. The van der Waals surface area contributed by atoms with Crippen LogP contribution < -0.4 is 5.73 Å². The topological polar surface area (TPSA) is 35.2 Å². The summed E-state index contributed by atoms with van der Waals surface area (Å²) < 4.78 is 39.4. The van der Waals surface area contributed by atoms with E-state index in [0.29, 0.717) is 0 Å². The SMILES string of the molecule is CO[C@H](C)[C@H](N)C(F)(F)F. The average molecular weight is 157 g/mol. The van der Waals surface area contributed by atoms with Gasteiger partial charge in [0.05, 0.1) is 6.10 Å². The molecule has 10 heavy (non-hydrogen) atoms. The van der Waals surface area contributed by atoms with Gasteiger partial charge in [-0.15, -0.1) is 0 Å². The van der Waals surface area contributed by atoms with Crippen molar-refractivity contribution in [3.63, 3.8) is 0 Å². The van der Waals surface area contributed by atoms with Crippen LogP contribution in [0.3, 0.4) is 0 Å². The van der Waals surface area contributed by atoms with Crippen LogP contribution in [0.4, 0.5) is 13.2 Å². The number of nitrogens with two attached hydrogens (primary N) is 1. The van der Waals surface area contributed by atoms with Gasteiger partial charge in [0.2, 0.25) is 0 Å². The molecule has 0 aliphatic carbocycles. The molecule has 0 fully saturated rings. The molecule has 0 aliphatic heterocycles. The third kappa shape index (κ3) is 2.53. The Labute approximate surface area is 57.1 Å². The number of methoxy groups -OCH3 is 1. The fourth-order valence-electron chi connectivity index (χ4n) is 0.413. The first kappa shape index (κ1) is 9.71. The van der Waals surface area contributed by atoms with E-state index in [1.54, 1.807) is 0 Å². The first-order chi connectivity index (χ1) is 4.39. The van der Waals surface area contributed by atoms with Gasteiger partial charge in [-0.2, -0.15) is 13.2 Å². The van der Waals surface area contributed by atoms with Crippen molar-refractivity contribution >= 4 is 0 Å². The van der Waals surface area contributed by atoms with Crippen LogP contribution in [0, 0.1) is 0 Å². The van der Waals surface area contributed by atoms with Crippen molar-refractivity contribution in [3.8, 4) is 0 Å². The summed E-state index contributed by atoms with van der Waals surface area (Å²) >= 11 is 0.